The van der Waals surface area contributed by atoms with Gasteiger partial charge in [0.2, 0.25) is 0 Å². The summed E-state index contributed by atoms with van der Waals surface area (Å²) in [6, 6.07) is 6.38. The van der Waals surface area contributed by atoms with Crippen LogP contribution in [0.3, 0.4) is 0 Å². The molecule has 2 nitrogen and oxygen atoms in total. The Bertz CT molecular complexity index is 596. The van der Waals surface area contributed by atoms with Crippen LogP contribution in [0.25, 0.3) is 5.57 Å². The van der Waals surface area contributed by atoms with Crippen LogP contribution in [-0.4, -0.2) is 12.9 Å². The molecule has 1 atom stereocenters. The van der Waals surface area contributed by atoms with Gasteiger partial charge in [-0.1, -0.05) is 12.1 Å². The number of hydrogen-bond donors (Lipinski definition) is 0. The lowest BCUT2D eigenvalue weighted by molar-refractivity contribution is -0.114. The number of allylic oxidation sites excluding steroid dienone is 3. The van der Waals surface area contributed by atoms with Crippen molar-refractivity contribution in [1.29, 1.82) is 0 Å². The normalized spacial score (nSPS) is 25.0. The van der Waals surface area contributed by atoms with Crippen molar-refractivity contribution >= 4 is 11.9 Å². The van der Waals surface area contributed by atoms with Crippen molar-refractivity contribution in [3.8, 4) is 0 Å². The fourth-order valence-electron chi connectivity index (χ4n) is 3.16. The van der Waals surface area contributed by atoms with Gasteiger partial charge in [0, 0.05) is 0 Å². The molecule has 2 aliphatic rings. The second-order valence-corrected chi connectivity index (χ2v) is 5.74. The van der Waals surface area contributed by atoms with E-state index in [1.54, 1.807) is 12.1 Å². The van der Waals surface area contributed by atoms with Crippen LogP contribution < -0.4 is 0 Å². The van der Waals surface area contributed by atoms with Gasteiger partial charge < -0.3 is 9.53 Å². The summed E-state index contributed by atoms with van der Waals surface area (Å²) in [5.41, 5.74) is 1.39. The molecule has 0 aromatic heterocycles. The quantitative estimate of drug-likeness (QED) is 0.761. The van der Waals surface area contributed by atoms with Gasteiger partial charge in [0.05, 0.1) is 12.0 Å². The van der Waals surface area contributed by atoms with E-state index < -0.39 is 5.41 Å². The van der Waals surface area contributed by atoms with E-state index in [-0.39, 0.29) is 5.82 Å². The number of halogens is 1. The van der Waals surface area contributed by atoms with Crippen LogP contribution in [0.1, 0.15) is 31.7 Å². The molecule has 1 aromatic carbocycles. The monoisotopic (exact) mass is 286 g/mol. The summed E-state index contributed by atoms with van der Waals surface area (Å²) in [6.45, 7) is 2.53. The largest absolute Gasteiger partial charge is 0.494 e. The topological polar surface area (TPSA) is 26.3 Å². The predicted octanol–water partition coefficient (Wildman–Crippen LogP) is 4.13. The predicted molar refractivity (Wildman–Crippen MR) is 79.9 cm³/mol. The number of carbonyl (C=O) groups is 1. The van der Waals surface area contributed by atoms with Crippen molar-refractivity contribution in [2.45, 2.75) is 26.2 Å². The maximum Gasteiger partial charge on any atom is 0.131 e. The van der Waals surface area contributed by atoms with Crippen LogP contribution in [0.2, 0.25) is 0 Å². The van der Waals surface area contributed by atoms with Crippen molar-refractivity contribution in [3.05, 3.63) is 53.6 Å². The van der Waals surface area contributed by atoms with Crippen LogP contribution in [0.4, 0.5) is 4.39 Å². The highest BCUT2D eigenvalue weighted by Crippen LogP contribution is 2.55. The lowest BCUT2D eigenvalue weighted by atomic mass is 9.69. The Morgan fingerprint density at radius 3 is 2.62 bits per heavy atom. The number of rotatable bonds is 5. The molecule has 0 heterocycles. The molecule has 1 fully saturated rings. The number of ether oxygens (including phenoxy) is 1. The van der Waals surface area contributed by atoms with E-state index in [2.05, 4.69) is 0 Å². The van der Waals surface area contributed by atoms with Gasteiger partial charge in [-0.25, -0.2) is 4.39 Å². The van der Waals surface area contributed by atoms with Gasteiger partial charge in [0.15, 0.2) is 0 Å². The third-order valence-electron chi connectivity index (χ3n) is 4.41. The summed E-state index contributed by atoms with van der Waals surface area (Å²) in [7, 11) is 0. The number of hydrogen-bond acceptors (Lipinski definition) is 2. The highest BCUT2D eigenvalue weighted by molar-refractivity contribution is 5.88. The van der Waals surface area contributed by atoms with E-state index in [0.717, 1.165) is 36.0 Å². The molecule has 0 spiro atoms. The summed E-state index contributed by atoms with van der Waals surface area (Å²) in [5.74, 6) is 0.930. The van der Waals surface area contributed by atoms with Crippen LogP contribution >= 0.6 is 0 Å². The minimum atomic E-state index is -0.474. The molecule has 0 saturated heterocycles. The fraction of sp³-hybridized carbons (Fsp3) is 0.389. The van der Waals surface area contributed by atoms with Crippen molar-refractivity contribution in [3.63, 3.8) is 0 Å². The lowest BCUT2D eigenvalue weighted by Crippen LogP contribution is -2.29. The molecule has 21 heavy (non-hydrogen) atoms. The van der Waals surface area contributed by atoms with E-state index in [0.29, 0.717) is 18.9 Å². The molecule has 3 heteroatoms. The standard InChI is InChI=1S/C18H19FO2/c1-2-21-16-9-10-18(12-20,14-5-6-14)17(11-16)13-3-7-15(19)8-4-13/h3-4,7-9,11-12,14H,2,5-6,10H2,1H3. The molecular formula is C18H19FO2. The van der Waals surface area contributed by atoms with Crippen LogP contribution in [0, 0.1) is 17.2 Å². The Kier molecular flexibility index (Phi) is 3.66. The molecule has 0 aliphatic heterocycles. The fourth-order valence-corrected chi connectivity index (χ4v) is 3.16. The number of carbonyl (C=O) groups excluding carboxylic acids is 1. The maximum atomic E-state index is 13.2. The molecule has 0 radical (unpaired) electrons. The lowest BCUT2D eigenvalue weighted by Gasteiger charge is -2.33. The van der Waals surface area contributed by atoms with E-state index >= 15 is 0 Å². The van der Waals surface area contributed by atoms with Crippen LogP contribution in [0.15, 0.2) is 42.2 Å². The average molecular weight is 286 g/mol. The smallest absolute Gasteiger partial charge is 0.131 e. The van der Waals surface area contributed by atoms with Gasteiger partial charge in [-0.2, -0.15) is 0 Å². The van der Waals surface area contributed by atoms with Crippen molar-refractivity contribution in [2.75, 3.05) is 6.61 Å². The molecule has 2 aliphatic carbocycles. The summed E-state index contributed by atoms with van der Waals surface area (Å²) < 4.78 is 18.8. The van der Waals surface area contributed by atoms with E-state index in [9.17, 15) is 9.18 Å². The summed E-state index contributed by atoms with van der Waals surface area (Å²) >= 11 is 0. The third kappa shape index (κ3) is 2.53. The molecule has 0 amide bonds. The van der Waals surface area contributed by atoms with Crippen molar-refractivity contribution in [2.24, 2.45) is 11.3 Å². The van der Waals surface area contributed by atoms with Crippen LogP contribution in [0.5, 0.6) is 0 Å². The first-order valence-corrected chi connectivity index (χ1v) is 7.47. The van der Waals surface area contributed by atoms with E-state index in [1.807, 2.05) is 19.1 Å². The van der Waals surface area contributed by atoms with Crippen LogP contribution in [-0.2, 0) is 9.53 Å². The molecule has 1 aromatic rings. The molecule has 1 saturated carbocycles. The van der Waals surface area contributed by atoms with Gasteiger partial charge in [-0.05, 0) is 67.5 Å². The summed E-state index contributed by atoms with van der Waals surface area (Å²) in [6.07, 6.45) is 7.86. The zero-order valence-electron chi connectivity index (χ0n) is 12.1. The summed E-state index contributed by atoms with van der Waals surface area (Å²) in [4.78, 5) is 11.9. The highest BCUT2D eigenvalue weighted by Gasteiger charge is 2.48. The first kappa shape index (κ1) is 14.1. The van der Waals surface area contributed by atoms with Gasteiger partial charge in [-0.15, -0.1) is 0 Å². The molecular weight excluding hydrogens is 267 g/mol. The minimum absolute atomic E-state index is 0.265. The van der Waals surface area contributed by atoms with Crippen molar-refractivity contribution in [1.82, 2.24) is 0 Å². The molecule has 3 rings (SSSR count). The Morgan fingerprint density at radius 2 is 2.05 bits per heavy atom. The maximum absolute atomic E-state index is 13.2. The van der Waals surface area contributed by atoms with Gasteiger partial charge in [0.25, 0.3) is 0 Å². The highest BCUT2D eigenvalue weighted by atomic mass is 19.1. The molecule has 1 unspecified atom stereocenters. The Hall–Kier alpha value is -1.90. The first-order chi connectivity index (χ1) is 10.2. The number of aldehydes is 1. The SMILES string of the molecule is CCOC1=CCC(C=O)(C2CC2)C(c2ccc(F)cc2)=C1. The molecule has 0 N–H and O–H groups in total. The average Bonchev–Trinajstić information content (AvgIpc) is 3.34. The van der Waals surface area contributed by atoms with Gasteiger partial charge >= 0.3 is 0 Å². The zero-order chi connectivity index (χ0) is 14.9. The Morgan fingerprint density at radius 1 is 1.33 bits per heavy atom. The second-order valence-electron chi connectivity index (χ2n) is 5.74. The molecule has 0 bridgehead atoms. The Labute approximate surface area is 124 Å². The second kappa shape index (κ2) is 5.47. The summed E-state index contributed by atoms with van der Waals surface area (Å²) in [5, 5.41) is 0. The Balaban J connectivity index is 2.05. The number of benzene rings is 1. The zero-order valence-corrected chi connectivity index (χ0v) is 12.1. The van der Waals surface area contributed by atoms with Gasteiger partial charge in [0.1, 0.15) is 17.9 Å². The van der Waals surface area contributed by atoms with E-state index in [4.69, 9.17) is 4.74 Å². The van der Waals surface area contributed by atoms with Gasteiger partial charge in [-0.3, -0.25) is 0 Å². The van der Waals surface area contributed by atoms with Crippen molar-refractivity contribution < 1.29 is 13.9 Å². The minimum Gasteiger partial charge on any atom is -0.494 e. The van der Waals surface area contributed by atoms with E-state index in [1.165, 1.54) is 12.1 Å². The molecule has 110 valence electrons. The first-order valence-electron chi connectivity index (χ1n) is 7.47. The third-order valence-corrected chi connectivity index (χ3v) is 4.41.